The maximum atomic E-state index is 8.81. The third-order valence-corrected chi connectivity index (χ3v) is 6.05. The largest absolute Gasteiger partial charge is 0.231 e. The Bertz CT molecular complexity index is 330. The Morgan fingerprint density at radius 1 is 1.42 bits per heavy atom. The van der Waals surface area contributed by atoms with Crippen LogP contribution in [-0.4, -0.2) is 13.1 Å². The van der Waals surface area contributed by atoms with Gasteiger partial charge in [-0.1, -0.05) is 19.6 Å². The second-order valence-electron chi connectivity index (χ2n) is 3.77. The number of aromatic nitrogens is 1. The van der Waals surface area contributed by atoms with E-state index >= 15 is 0 Å². The predicted octanol–water partition coefficient (Wildman–Crippen LogP) is 1.87. The zero-order valence-electron chi connectivity index (χ0n) is 7.80. The quantitative estimate of drug-likeness (QED) is 0.643. The van der Waals surface area contributed by atoms with Crippen LogP contribution in [0.1, 0.15) is 10.7 Å². The summed E-state index contributed by atoms with van der Waals surface area (Å²) < 4.78 is 1.22. The minimum Gasteiger partial charge on any atom is -0.231 e. The summed E-state index contributed by atoms with van der Waals surface area (Å²) in [5.74, 6) is 0. The van der Waals surface area contributed by atoms with Crippen molar-refractivity contribution in [3.05, 3.63) is 10.7 Å². The molecule has 0 unspecified atom stereocenters. The lowest BCUT2D eigenvalue weighted by molar-refractivity contribution is 1.26. The summed E-state index contributed by atoms with van der Waals surface area (Å²) in [6.07, 6.45) is 0. The smallest absolute Gasteiger partial charge is 0.150 e. The number of hydrogen-bond donors (Lipinski definition) is 0. The second-order valence-corrected chi connectivity index (χ2v) is 10.3. The van der Waals surface area contributed by atoms with Gasteiger partial charge in [0.15, 0.2) is 5.69 Å². The van der Waals surface area contributed by atoms with Crippen molar-refractivity contribution < 1.29 is 0 Å². The molecule has 0 N–H and O–H groups in total. The molecule has 4 heteroatoms. The Kier molecular flexibility index (Phi) is 2.35. The van der Waals surface area contributed by atoms with E-state index in [1.807, 2.05) is 6.92 Å². The van der Waals surface area contributed by atoms with Gasteiger partial charge in [-0.25, -0.2) is 4.98 Å². The number of nitriles is 1. The lowest BCUT2D eigenvalue weighted by Crippen LogP contribution is -2.37. The Hall–Kier alpha value is -0.663. The van der Waals surface area contributed by atoms with E-state index in [2.05, 4.69) is 30.7 Å². The summed E-state index contributed by atoms with van der Waals surface area (Å²) in [4.78, 5) is 4.19. The third-order valence-electron chi connectivity index (χ3n) is 1.52. The van der Waals surface area contributed by atoms with E-state index in [1.54, 1.807) is 11.3 Å². The molecule has 0 radical (unpaired) electrons. The van der Waals surface area contributed by atoms with Crippen LogP contribution in [0.2, 0.25) is 19.6 Å². The van der Waals surface area contributed by atoms with Crippen LogP contribution in [0, 0.1) is 18.3 Å². The highest BCUT2D eigenvalue weighted by Crippen LogP contribution is 2.12. The molecule has 64 valence electrons. The van der Waals surface area contributed by atoms with Crippen molar-refractivity contribution in [1.29, 1.82) is 5.26 Å². The maximum absolute atomic E-state index is 8.81. The lowest BCUT2D eigenvalue weighted by atomic mass is 10.5. The zero-order valence-corrected chi connectivity index (χ0v) is 9.62. The van der Waals surface area contributed by atoms with Gasteiger partial charge in [-0.15, -0.1) is 11.3 Å². The van der Waals surface area contributed by atoms with Crippen molar-refractivity contribution in [3.8, 4) is 6.07 Å². The summed E-state index contributed by atoms with van der Waals surface area (Å²) in [7, 11) is -1.34. The Labute approximate surface area is 77.9 Å². The van der Waals surface area contributed by atoms with Crippen LogP contribution in [0.3, 0.4) is 0 Å². The topological polar surface area (TPSA) is 36.7 Å². The van der Waals surface area contributed by atoms with Crippen molar-refractivity contribution in [2.45, 2.75) is 26.6 Å². The molecule has 1 heterocycles. The highest BCUT2D eigenvalue weighted by molar-refractivity contribution is 7.26. The lowest BCUT2D eigenvalue weighted by Gasteiger charge is -2.12. The molecule has 0 fully saturated rings. The summed E-state index contributed by atoms with van der Waals surface area (Å²) in [6, 6.07) is 2.16. The monoisotopic (exact) mass is 196 g/mol. The van der Waals surface area contributed by atoms with Crippen LogP contribution in [0.5, 0.6) is 0 Å². The normalized spacial score (nSPS) is 11.2. The molecule has 0 atom stereocenters. The highest BCUT2D eigenvalue weighted by atomic mass is 32.1. The van der Waals surface area contributed by atoms with Gasteiger partial charge in [0.2, 0.25) is 0 Å². The molecule has 0 bridgehead atoms. The minimum absolute atomic E-state index is 0.650. The van der Waals surface area contributed by atoms with Crippen LogP contribution in [0.25, 0.3) is 0 Å². The molecule has 0 spiro atoms. The van der Waals surface area contributed by atoms with Crippen LogP contribution in [-0.2, 0) is 0 Å². The Morgan fingerprint density at radius 2 is 2.00 bits per heavy atom. The first-order valence-electron chi connectivity index (χ1n) is 3.83. The molecule has 0 saturated heterocycles. The standard InChI is InChI=1S/C8H12N2SSi/c1-6-10-7(5-9)8(11-6)12(2,3)4/h1-4H3. The van der Waals surface area contributed by atoms with Gasteiger partial charge in [0.05, 0.1) is 13.1 Å². The number of hydrogen-bond acceptors (Lipinski definition) is 3. The van der Waals surface area contributed by atoms with Crippen molar-refractivity contribution in [2.75, 3.05) is 0 Å². The fourth-order valence-electron chi connectivity index (χ4n) is 1.01. The first-order valence-corrected chi connectivity index (χ1v) is 8.15. The summed E-state index contributed by atoms with van der Waals surface area (Å²) in [6.45, 7) is 8.66. The van der Waals surface area contributed by atoms with E-state index < -0.39 is 8.07 Å². The van der Waals surface area contributed by atoms with E-state index in [0.29, 0.717) is 5.69 Å². The van der Waals surface area contributed by atoms with Crippen molar-refractivity contribution in [2.24, 2.45) is 0 Å². The number of nitrogens with zero attached hydrogens (tertiary/aromatic N) is 2. The van der Waals surface area contributed by atoms with Gasteiger partial charge in [0.25, 0.3) is 0 Å². The van der Waals surface area contributed by atoms with Gasteiger partial charge < -0.3 is 0 Å². The molecule has 0 aliphatic heterocycles. The van der Waals surface area contributed by atoms with E-state index in [-0.39, 0.29) is 0 Å². The third kappa shape index (κ3) is 1.74. The van der Waals surface area contributed by atoms with E-state index in [1.165, 1.54) is 4.50 Å². The molecular weight excluding hydrogens is 184 g/mol. The second kappa shape index (κ2) is 3.00. The van der Waals surface area contributed by atoms with Crippen molar-refractivity contribution in [3.63, 3.8) is 0 Å². The van der Waals surface area contributed by atoms with E-state index in [4.69, 9.17) is 5.26 Å². The first-order chi connectivity index (χ1) is 5.45. The molecule has 0 saturated carbocycles. The van der Waals surface area contributed by atoms with Gasteiger partial charge in [-0.05, 0) is 6.92 Å². The Balaban J connectivity index is 3.25. The van der Waals surface area contributed by atoms with Gasteiger partial charge in [0.1, 0.15) is 6.07 Å². The number of aryl methyl sites for hydroxylation is 1. The molecule has 1 aromatic rings. The molecule has 12 heavy (non-hydrogen) atoms. The van der Waals surface area contributed by atoms with Gasteiger partial charge in [-0.2, -0.15) is 5.26 Å². The highest BCUT2D eigenvalue weighted by Gasteiger charge is 2.23. The molecule has 0 aliphatic rings. The van der Waals surface area contributed by atoms with Gasteiger partial charge >= 0.3 is 0 Å². The molecule has 0 amide bonds. The molecule has 1 aromatic heterocycles. The summed E-state index contributed by atoms with van der Waals surface area (Å²) >= 11 is 1.67. The van der Waals surface area contributed by atoms with E-state index in [9.17, 15) is 0 Å². The van der Waals surface area contributed by atoms with Crippen LogP contribution in [0.15, 0.2) is 0 Å². The average Bonchev–Trinajstić information content (AvgIpc) is 2.29. The first kappa shape index (κ1) is 9.43. The summed E-state index contributed by atoms with van der Waals surface area (Å²) in [5.41, 5.74) is 0.650. The minimum atomic E-state index is -1.34. The zero-order chi connectivity index (χ0) is 9.35. The van der Waals surface area contributed by atoms with E-state index in [0.717, 1.165) is 5.01 Å². The summed E-state index contributed by atoms with van der Waals surface area (Å²) in [5, 5.41) is 9.82. The van der Waals surface area contributed by atoms with Crippen LogP contribution in [0.4, 0.5) is 0 Å². The SMILES string of the molecule is Cc1nc(C#N)c([Si](C)(C)C)s1. The average molecular weight is 196 g/mol. The fourth-order valence-corrected chi connectivity index (χ4v) is 4.12. The predicted molar refractivity (Wildman–Crippen MR) is 54.5 cm³/mol. The van der Waals surface area contributed by atoms with Gasteiger partial charge in [0, 0.05) is 4.50 Å². The molecule has 0 aromatic carbocycles. The van der Waals surface area contributed by atoms with Crippen molar-refractivity contribution in [1.82, 2.24) is 4.98 Å². The fraction of sp³-hybridized carbons (Fsp3) is 0.500. The van der Waals surface area contributed by atoms with Gasteiger partial charge in [-0.3, -0.25) is 0 Å². The Morgan fingerprint density at radius 3 is 2.33 bits per heavy atom. The van der Waals surface area contributed by atoms with Crippen LogP contribution < -0.4 is 4.50 Å². The molecule has 0 aliphatic carbocycles. The molecule has 1 rings (SSSR count). The maximum Gasteiger partial charge on any atom is 0.150 e. The van der Waals surface area contributed by atoms with Crippen LogP contribution >= 0.6 is 11.3 Å². The van der Waals surface area contributed by atoms with Crippen molar-refractivity contribution >= 4 is 23.9 Å². The molecule has 2 nitrogen and oxygen atoms in total. The number of thiazole rings is 1. The number of rotatable bonds is 1. The molecular formula is C8H12N2SSi.